The molecule has 9 heteroatoms. The molecule has 0 atom stereocenters. The standard InChI is InChI=1S/C24H22ClFN6O/c1-3-4-18(33)31-7-9-32(10-8-31)24-16-11-17(25)20(21(26)23(16)27-13-28-24)19-14(2)5-6-15-12-29-30-22(15)19/h3-6,11-13H,7-10H2,1-2H3,(H,29,30)/b4-3+. The number of aromatic nitrogens is 4. The highest BCUT2D eigenvalue weighted by Crippen LogP contribution is 2.41. The van der Waals surface area contributed by atoms with Crippen LogP contribution in [0.5, 0.6) is 0 Å². The van der Waals surface area contributed by atoms with Crippen LogP contribution in [0.2, 0.25) is 5.02 Å². The van der Waals surface area contributed by atoms with Crippen LogP contribution in [0.3, 0.4) is 0 Å². The van der Waals surface area contributed by atoms with E-state index in [9.17, 15) is 4.79 Å². The quantitative estimate of drug-likeness (QED) is 0.452. The van der Waals surface area contributed by atoms with Crippen molar-refractivity contribution in [2.45, 2.75) is 13.8 Å². The molecule has 7 nitrogen and oxygen atoms in total. The molecule has 1 aliphatic heterocycles. The Labute approximate surface area is 194 Å². The van der Waals surface area contributed by atoms with Gasteiger partial charge in [-0.25, -0.2) is 14.4 Å². The molecule has 0 aliphatic carbocycles. The largest absolute Gasteiger partial charge is 0.352 e. The van der Waals surface area contributed by atoms with Gasteiger partial charge in [-0.05, 0) is 31.6 Å². The number of halogens is 2. The number of piperazine rings is 1. The minimum Gasteiger partial charge on any atom is -0.352 e. The number of hydrogen-bond acceptors (Lipinski definition) is 5. The lowest BCUT2D eigenvalue weighted by Crippen LogP contribution is -2.48. The Hall–Kier alpha value is -3.52. The first-order valence-corrected chi connectivity index (χ1v) is 11.1. The molecule has 0 bridgehead atoms. The third kappa shape index (κ3) is 3.60. The number of H-pyrrole nitrogens is 1. The van der Waals surface area contributed by atoms with E-state index in [1.54, 1.807) is 29.3 Å². The number of rotatable bonds is 3. The highest BCUT2D eigenvalue weighted by molar-refractivity contribution is 6.35. The first-order chi connectivity index (χ1) is 16.0. The Morgan fingerprint density at radius 2 is 1.97 bits per heavy atom. The lowest BCUT2D eigenvalue weighted by Gasteiger charge is -2.35. The van der Waals surface area contributed by atoms with E-state index < -0.39 is 5.82 Å². The van der Waals surface area contributed by atoms with Crippen LogP contribution in [0.4, 0.5) is 10.2 Å². The van der Waals surface area contributed by atoms with E-state index in [1.165, 1.54) is 6.33 Å². The van der Waals surface area contributed by atoms with Crippen molar-refractivity contribution >= 4 is 45.1 Å². The average Bonchev–Trinajstić information content (AvgIpc) is 3.29. The molecule has 1 N–H and O–H groups in total. The van der Waals surface area contributed by atoms with Gasteiger partial charge in [0.1, 0.15) is 17.7 Å². The molecular formula is C24H22ClFN6O. The summed E-state index contributed by atoms with van der Waals surface area (Å²) < 4.78 is 15.9. The minimum absolute atomic E-state index is 0.00761. The number of anilines is 1. The molecule has 2 aromatic heterocycles. The molecule has 1 fully saturated rings. The van der Waals surface area contributed by atoms with E-state index in [-0.39, 0.29) is 16.4 Å². The second-order valence-corrected chi connectivity index (χ2v) is 8.45. The number of aromatic amines is 1. The van der Waals surface area contributed by atoms with Crippen LogP contribution in [-0.2, 0) is 4.79 Å². The number of nitrogens with one attached hydrogen (secondary N) is 1. The van der Waals surface area contributed by atoms with E-state index in [2.05, 4.69) is 20.2 Å². The summed E-state index contributed by atoms with van der Waals surface area (Å²) in [4.78, 5) is 24.7. The van der Waals surface area contributed by atoms with Gasteiger partial charge in [0.25, 0.3) is 0 Å². The second-order valence-electron chi connectivity index (χ2n) is 8.04. The van der Waals surface area contributed by atoms with Crippen LogP contribution >= 0.6 is 11.6 Å². The molecule has 1 saturated heterocycles. The Balaban J connectivity index is 1.58. The van der Waals surface area contributed by atoms with Crippen molar-refractivity contribution in [1.29, 1.82) is 0 Å². The molecule has 4 aromatic rings. The summed E-state index contributed by atoms with van der Waals surface area (Å²) >= 11 is 6.68. The average molecular weight is 465 g/mol. The van der Waals surface area contributed by atoms with Crippen molar-refractivity contribution in [3.63, 3.8) is 0 Å². The Morgan fingerprint density at radius 1 is 1.18 bits per heavy atom. The summed E-state index contributed by atoms with van der Waals surface area (Å²) in [5, 5.41) is 8.77. The molecule has 0 saturated carbocycles. The Bertz CT molecular complexity index is 1410. The summed E-state index contributed by atoms with van der Waals surface area (Å²) in [6, 6.07) is 5.59. The fourth-order valence-corrected chi connectivity index (χ4v) is 4.71. The number of benzene rings is 2. The van der Waals surface area contributed by atoms with Crippen LogP contribution in [-0.4, -0.2) is 57.2 Å². The van der Waals surface area contributed by atoms with Crippen molar-refractivity contribution in [2.75, 3.05) is 31.1 Å². The van der Waals surface area contributed by atoms with Gasteiger partial charge in [-0.3, -0.25) is 9.89 Å². The first-order valence-electron chi connectivity index (χ1n) is 10.7. The fraction of sp³-hybridized carbons (Fsp3) is 0.250. The molecule has 0 unspecified atom stereocenters. The van der Waals surface area contributed by atoms with Crippen molar-refractivity contribution in [3.05, 3.63) is 59.3 Å². The van der Waals surface area contributed by atoms with E-state index in [0.717, 1.165) is 16.5 Å². The molecule has 1 aliphatic rings. The number of fused-ring (bicyclic) bond motifs is 2. The van der Waals surface area contributed by atoms with Crippen LogP contribution in [0.15, 0.2) is 42.9 Å². The summed E-state index contributed by atoms with van der Waals surface area (Å²) in [5.41, 5.74) is 2.78. The monoisotopic (exact) mass is 464 g/mol. The smallest absolute Gasteiger partial charge is 0.246 e. The number of carbonyl (C=O) groups is 1. The maximum atomic E-state index is 15.9. The van der Waals surface area contributed by atoms with Gasteiger partial charge in [-0.2, -0.15) is 5.10 Å². The van der Waals surface area contributed by atoms with Crippen molar-refractivity contribution in [3.8, 4) is 11.1 Å². The molecule has 33 heavy (non-hydrogen) atoms. The zero-order valence-corrected chi connectivity index (χ0v) is 19.0. The zero-order valence-electron chi connectivity index (χ0n) is 18.3. The van der Waals surface area contributed by atoms with E-state index in [4.69, 9.17) is 11.6 Å². The summed E-state index contributed by atoms with van der Waals surface area (Å²) in [5.74, 6) is 0.113. The number of nitrogens with zero attached hydrogens (tertiary/aromatic N) is 5. The molecule has 0 radical (unpaired) electrons. The third-order valence-electron chi connectivity index (χ3n) is 6.08. The second kappa shape index (κ2) is 8.44. The molecule has 168 valence electrons. The van der Waals surface area contributed by atoms with Gasteiger partial charge >= 0.3 is 0 Å². The molecule has 5 rings (SSSR count). The van der Waals surface area contributed by atoms with Gasteiger partial charge in [-0.15, -0.1) is 0 Å². The highest BCUT2D eigenvalue weighted by Gasteiger charge is 2.25. The number of hydrogen-bond donors (Lipinski definition) is 1. The highest BCUT2D eigenvalue weighted by atomic mass is 35.5. The van der Waals surface area contributed by atoms with Gasteiger partial charge in [0, 0.05) is 48.1 Å². The minimum atomic E-state index is -0.492. The number of allylic oxidation sites excluding steroid dienone is 1. The normalized spacial score (nSPS) is 14.7. The van der Waals surface area contributed by atoms with Gasteiger partial charge < -0.3 is 9.80 Å². The Kier molecular flexibility index (Phi) is 5.46. The zero-order chi connectivity index (χ0) is 23.1. The number of amides is 1. The van der Waals surface area contributed by atoms with Crippen LogP contribution in [0, 0.1) is 12.7 Å². The van der Waals surface area contributed by atoms with Crippen molar-refractivity contribution in [2.24, 2.45) is 0 Å². The lowest BCUT2D eigenvalue weighted by atomic mass is 9.96. The predicted molar refractivity (Wildman–Crippen MR) is 128 cm³/mol. The van der Waals surface area contributed by atoms with Gasteiger partial charge in [0.05, 0.1) is 16.7 Å². The van der Waals surface area contributed by atoms with Gasteiger partial charge in [-0.1, -0.05) is 29.8 Å². The maximum Gasteiger partial charge on any atom is 0.246 e. The van der Waals surface area contributed by atoms with Crippen LogP contribution in [0.25, 0.3) is 32.9 Å². The molecule has 2 aromatic carbocycles. The summed E-state index contributed by atoms with van der Waals surface area (Å²) in [6.07, 6.45) is 6.38. The van der Waals surface area contributed by atoms with Crippen molar-refractivity contribution < 1.29 is 9.18 Å². The molecule has 0 spiro atoms. The van der Waals surface area contributed by atoms with Crippen LogP contribution in [0.1, 0.15) is 12.5 Å². The van der Waals surface area contributed by atoms with E-state index >= 15 is 4.39 Å². The fourth-order valence-electron chi connectivity index (χ4n) is 4.42. The number of carbonyl (C=O) groups excluding carboxylic acids is 1. The molecule has 3 heterocycles. The SMILES string of the molecule is C/C=C/C(=O)N1CCN(c2ncnc3c(F)c(-c4c(C)ccc5cn[nH]c45)c(Cl)cc23)CC1. The molecular weight excluding hydrogens is 443 g/mol. The first kappa shape index (κ1) is 21.3. The summed E-state index contributed by atoms with van der Waals surface area (Å²) in [6.45, 7) is 6.03. The van der Waals surface area contributed by atoms with Crippen LogP contribution < -0.4 is 4.90 Å². The molecule has 1 amide bonds. The van der Waals surface area contributed by atoms with Gasteiger partial charge in [0.15, 0.2) is 5.82 Å². The maximum absolute atomic E-state index is 15.9. The van der Waals surface area contributed by atoms with E-state index in [1.807, 2.05) is 30.9 Å². The Morgan fingerprint density at radius 3 is 2.73 bits per heavy atom. The third-order valence-corrected chi connectivity index (χ3v) is 6.37. The van der Waals surface area contributed by atoms with E-state index in [0.29, 0.717) is 48.5 Å². The van der Waals surface area contributed by atoms with Gasteiger partial charge in [0.2, 0.25) is 5.91 Å². The van der Waals surface area contributed by atoms with Crippen molar-refractivity contribution in [1.82, 2.24) is 25.1 Å². The topological polar surface area (TPSA) is 78.0 Å². The predicted octanol–water partition coefficient (Wildman–Crippen LogP) is 4.50. The summed E-state index contributed by atoms with van der Waals surface area (Å²) in [7, 11) is 0. The number of aryl methyl sites for hydroxylation is 1. The lowest BCUT2D eigenvalue weighted by molar-refractivity contribution is -0.126.